The Morgan fingerprint density at radius 2 is 1.89 bits per heavy atom. The third kappa shape index (κ3) is 3.82. The SMILES string of the molecule is CCCCCCCCC(C)c1ccnc2[nH]ccc12. The lowest BCUT2D eigenvalue weighted by Gasteiger charge is -2.12. The van der Waals surface area contributed by atoms with E-state index in [0.717, 1.165) is 5.65 Å². The zero-order valence-corrected chi connectivity index (χ0v) is 12.3. The van der Waals surface area contributed by atoms with E-state index in [4.69, 9.17) is 0 Å². The first-order valence-electron chi connectivity index (χ1n) is 7.75. The number of fused-ring (bicyclic) bond motifs is 1. The highest BCUT2D eigenvalue weighted by atomic mass is 14.8. The number of hydrogen-bond donors (Lipinski definition) is 1. The van der Waals surface area contributed by atoms with Gasteiger partial charge in [-0.05, 0) is 30.0 Å². The van der Waals surface area contributed by atoms with Crippen molar-refractivity contribution < 1.29 is 0 Å². The number of hydrogen-bond acceptors (Lipinski definition) is 1. The van der Waals surface area contributed by atoms with E-state index in [2.05, 4.69) is 35.9 Å². The van der Waals surface area contributed by atoms with Crippen LogP contribution in [0.15, 0.2) is 24.5 Å². The lowest BCUT2D eigenvalue weighted by Crippen LogP contribution is -1.95. The van der Waals surface area contributed by atoms with Crippen molar-refractivity contribution in [2.24, 2.45) is 0 Å². The average molecular weight is 258 g/mol. The van der Waals surface area contributed by atoms with E-state index < -0.39 is 0 Å². The highest BCUT2D eigenvalue weighted by Gasteiger charge is 2.10. The molecule has 1 atom stereocenters. The summed E-state index contributed by atoms with van der Waals surface area (Å²) < 4.78 is 0. The van der Waals surface area contributed by atoms with Gasteiger partial charge in [0.15, 0.2) is 0 Å². The molecule has 0 amide bonds. The van der Waals surface area contributed by atoms with Crippen LogP contribution in [0.1, 0.15) is 70.3 Å². The molecule has 2 heteroatoms. The minimum Gasteiger partial charge on any atom is -0.346 e. The van der Waals surface area contributed by atoms with Crippen molar-refractivity contribution in [3.63, 3.8) is 0 Å². The molecule has 2 aromatic rings. The van der Waals surface area contributed by atoms with Gasteiger partial charge in [0, 0.05) is 17.8 Å². The second-order valence-corrected chi connectivity index (χ2v) is 5.60. The molecule has 2 rings (SSSR count). The van der Waals surface area contributed by atoms with Crippen LogP contribution in [0.2, 0.25) is 0 Å². The molecule has 0 saturated heterocycles. The van der Waals surface area contributed by atoms with Gasteiger partial charge >= 0.3 is 0 Å². The molecular weight excluding hydrogens is 232 g/mol. The maximum absolute atomic E-state index is 4.36. The van der Waals surface area contributed by atoms with E-state index in [-0.39, 0.29) is 0 Å². The summed E-state index contributed by atoms with van der Waals surface area (Å²) in [5.74, 6) is 0.632. The van der Waals surface area contributed by atoms with E-state index in [0.29, 0.717) is 5.92 Å². The first-order chi connectivity index (χ1) is 9.33. The Balaban J connectivity index is 1.83. The van der Waals surface area contributed by atoms with Crippen LogP contribution in [-0.2, 0) is 0 Å². The van der Waals surface area contributed by atoms with Crippen molar-refractivity contribution in [1.29, 1.82) is 0 Å². The molecule has 1 unspecified atom stereocenters. The number of rotatable bonds is 8. The van der Waals surface area contributed by atoms with Crippen LogP contribution < -0.4 is 0 Å². The van der Waals surface area contributed by atoms with E-state index in [9.17, 15) is 0 Å². The molecule has 0 bridgehead atoms. The molecule has 104 valence electrons. The molecule has 0 aromatic carbocycles. The van der Waals surface area contributed by atoms with Crippen molar-refractivity contribution in [2.75, 3.05) is 0 Å². The van der Waals surface area contributed by atoms with Crippen molar-refractivity contribution in [1.82, 2.24) is 9.97 Å². The minimum absolute atomic E-state index is 0.632. The first-order valence-corrected chi connectivity index (χ1v) is 7.75. The normalized spacial score (nSPS) is 12.9. The van der Waals surface area contributed by atoms with Crippen LogP contribution in [0, 0.1) is 0 Å². The second kappa shape index (κ2) is 7.32. The van der Waals surface area contributed by atoms with E-state index >= 15 is 0 Å². The topological polar surface area (TPSA) is 28.7 Å². The number of nitrogens with one attached hydrogen (secondary N) is 1. The average Bonchev–Trinajstić information content (AvgIpc) is 2.90. The van der Waals surface area contributed by atoms with Gasteiger partial charge in [0.1, 0.15) is 5.65 Å². The van der Waals surface area contributed by atoms with Gasteiger partial charge in [-0.2, -0.15) is 0 Å². The molecule has 0 fully saturated rings. The summed E-state index contributed by atoms with van der Waals surface area (Å²) in [4.78, 5) is 7.55. The third-order valence-corrected chi connectivity index (χ3v) is 4.02. The van der Waals surface area contributed by atoms with Gasteiger partial charge in [-0.3, -0.25) is 0 Å². The summed E-state index contributed by atoms with van der Waals surface area (Å²) in [6.45, 7) is 4.61. The van der Waals surface area contributed by atoms with Crippen LogP contribution >= 0.6 is 0 Å². The zero-order chi connectivity index (χ0) is 13.5. The van der Waals surface area contributed by atoms with Gasteiger partial charge in [-0.25, -0.2) is 4.98 Å². The molecular formula is C17H26N2. The Hall–Kier alpha value is -1.31. The standard InChI is InChI=1S/C17H26N2/c1-3-4-5-6-7-8-9-14(2)15-10-12-18-17-16(15)11-13-19-17/h10-14H,3-9H2,1-2H3,(H,18,19). The number of pyridine rings is 1. The minimum atomic E-state index is 0.632. The molecule has 2 heterocycles. The molecule has 1 N–H and O–H groups in total. The van der Waals surface area contributed by atoms with Crippen molar-refractivity contribution in [2.45, 2.75) is 64.7 Å². The quantitative estimate of drug-likeness (QED) is 0.629. The Labute approximate surface area is 116 Å². The zero-order valence-electron chi connectivity index (χ0n) is 12.3. The Kier molecular flexibility index (Phi) is 5.44. The molecule has 0 radical (unpaired) electrons. The Bertz CT molecular complexity index is 487. The number of aromatic amines is 1. The fraction of sp³-hybridized carbons (Fsp3) is 0.588. The first kappa shape index (κ1) is 14.1. The summed E-state index contributed by atoms with van der Waals surface area (Å²) in [6, 6.07) is 4.33. The smallest absolute Gasteiger partial charge is 0.137 e. The van der Waals surface area contributed by atoms with Crippen molar-refractivity contribution in [3.8, 4) is 0 Å². The maximum atomic E-state index is 4.36. The highest BCUT2D eigenvalue weighted by Crippen LogP contribution is 2.27. The molecule has 0 spiro atoms. The van der Waals surface area contributed by atoms with Gasteiger partial charge in [-0.15, -0.1) is 0 Å². The van der Waals surface area contributed by atoms with Gasteiger partial charge in [0.25, 0.3) is 0 Å². The van der Waals surface area contributed by atoms with E-state index in [1.165, 1.54) is 55.9 Å². The lowest BCUT2D eigenvalue weighted by molar-refractivity contribution is 0.558. The number of aromatic nitrogens is 2. The summed E-state index contributed by atoms with van der Waals surface area (Å²) in [5, 5.41) is 1.29. The Morgan fingerprint density at radius 3 is 2.74 bits per heavy atom. The number of nitrogens with zero attached hydrogens (tertiary/aromatic N) is 1. The van der Waals surface area contributed by atoms with Crippen molar-refractivity contribution >= 4 is 11.0 Å². The molecule has 19 heavy (non-hydrogen) atoms. The van der Waals surface area contributed by atoms with E-state index in [1.807, 2.05) is 12.4 Å². The number of H-pyrrole nitrogens is 1. The molecule has 2 aromatic heterocycles. The number of unbranched alkanes of at least 4 members (excludes halogenated alkanes) is 5. The fourth-order valence-electron chi connectivity index (χ4n) is 2.80. The lowest BCUT2D eigenvalue weighted by atomic mass is 9.93. The third-order valence-electron chi connectivity index (χ3n) is 4.02. The summed E-state index contributed by atoms with van der Waals surface area (Å²) in [7, 11) is 0. The second-order valence-electron chi connectivity index (χ2n) is 5.60. The van der Waals surface area contributed by atoms with E-state index in [1.54, 1.807) is 0 Å². The Morgan fingerprint density at radius 1 is 1.11 bits per heavy atom. The molecule has 0 aliphatic rings. The molecule has 0 saturated carbocycles. The van der Waals surface area contributed by atoms with Crippen LogP contribution in [-0.4, -0.2) is 9.97 Å². The van der Waals surface area contributed by atoms with Gasteiger partial charge < -0.3 is 4.98 Å². The predicted molar refractivity (Wildman–Crippen MR) is 82.5 cm³/mol. The molecule has 2 nitrogen and oxygen atoms in total. The van der Waals surface area contributed by atoms with Crippen molar-refractivity contribution in [3.05, 3.63) is 30.1 Å². The van der Waals surface area contributed by atoms with Crippen LogP contribution in [0.3, 0.4) is 0 Å². The van der Waals surface area contributed by atoms with Crippen LogP contribution in [0.25, 0.3) is 11.0 Å². The molecule has 0 aliphatic carbocycles. The highest BCUT2D eigenvalue weighted by molar-refractivity contribution is 5.79. The summed E-state index contributed by atoms with van der Waals surface area (Å²) in [6.07, 6.45) is 13.5. The van der Waals surface area contributed by atoms with Crippen LogP contribution in [0.5, 0.6) is 0 Å². The molecule has 0 aliphatic heterocycles. The summed E-state index contributed by atoms with van der Waals surface area (Å²) >= 11 is 0. The predicted octanol–water partition coefficient (Wildman–Crippen LogP) is 5.42. The van der Waals surface area contributed by atoms with Crippen LogP contribution in [0.4, 0.5) is 0 Å². The van der Waals surface area contributed by atoms with Gasteiger partial charge in [0.2, 0.25) is 0 Å². The van der Waals surface area contributed by atoms with Gasteiger partial charge in [0.05, 0.1) is 0 Å². The maximum Gasteiger partial charge on any atom is 0.137 e. The summed E-state index contributed by atoms with van der Waals surface area (Å²) in [5.41, 5.74) is 2.46. The monoisotopic (exact) mass is 258 g/mol. The fourth-order valence-corrected chi connectivity index (χ4v) is 2.80. The van der Waals surface area contributed by atoms with Gasteiger partial charge in [-0.1, -0.05) is 52.4 Å². The largest absolute Gasteiger partial charge is 0.346 e.